The van der Waals surface area contributed by atoms with Crippen molar-refractivity contribution in [2.75, 3.05) is 21.3 Å². The molecule has 10 heteroatoms. The number of rotatable bonds is 8. The highest BCUT2D eigenvalue weighted by Crippen LogP contribution is 2.26. The number of Topliss-reactive ketones (excluding diaryl/α,β-unsaturated/α-hetero) is 1. The van der Waals surface area contributed by atoms with Gasteiger partial charge in [0.1, 0.15) is 11.5 Å². The van der Waals surface area contributed by atoms with Crippen molar-refractivity contribution >= 4 is 17.7 Å². The van der Waals surface area contributed by atoms with Gasteiger partial charge in [0, 0.05) is 12.5 Å². The van der Waals surface area contributed by atoms with Gasteiger partial charge in [-0.25, -0.2) is 0 Å². The van der Waals surface area contributed by atoms with Crippen LogP contribution in [0.15, 0.2) is 18.2 Å². The summed E-state index contributed by atoms with van der Waals surface area (Å²) in [4.78, 5) is 35.1. The SMILES string of the molecule is COC(=O)CC[C@H](NC(=O)C(F)(F)F)C(=O)c1ccc(OC)cc1OC. The maximum absolute atomic E-state index is 12.6. The lowest BCUT2D eigenvalue weighted by molar-refractivity contribution is -0.174. The fourth-order valence-electron chi connectivity index (χ4n) is 2.06. The van der Waals surface area contributed by atoms with Crippen molar-refractivity contribution in [2.45, 2.75) is 25.1 Å². The summed E-state index contributed by atoms with van der Waals surface area (Å²) in [5, 5.41) is 1.61. The van der Waals surface area contributed by atoms with Crippen LogP contribution < -0.4 is 14.8 Å². The van der Waals surface area contributed by atoms with Crippen molar-refractivity contribution in [3.8, 4) is 11.5 Å². The Bertz CT molecular complexity index is 674. The van der Waals surface area contributed by atoms with E-state index in [1.165, 1.54) is 32.4 Å². The largest absolute Gasteiger partial charge is 0.497 e. The van der Waals surface area contributed by atoms with E-state index in [1.807, 2.05) is 0 Å². The van der Waals surface area contributed by atoms with E-state index >= 15 is 0 Å². The molecule has 0 fully saturated rings. The molecule has 0 aliphatic heterocycles. The van der Waals surface area contributed by atoms with Gasteiger partial charge in [-0.05, 0) is 18.6 Å². The second-order valence-corrected chi connectivity index (χ2v) is 5.07. The molecule has 144 valence electrons. The Morgan fingerprint density at radius 3 is 2.27 bits per heavy atom. The van der Waals surface area contributed by atoms with E-state index in [-0.39, 0.29) is 24.2 Å². The summed E-state index contributed by atoms with van der Waals surface area (Å²) in [6.45, 7) is 0. The zero-order chi connectivity index (χ0) is 19.9. The molecule has 0 bridgehead atoms. The molecule has 0 radical (unpaired) electrons. The topological polar surface area (TPSA) is 90.9 Å². The standard InChI is InChI=1S/C16H18F3NO6/c1-24-9-4-5-10(12(8-9)25-2)14(22)11(6-7-13(21)26-3)20-15(23)16(17,18)19/h4-5,8,11H,6-7H2,1-3H3,(H,20,23)/t11-/m0/s1. The number of benzene rings is 1. The predicted octanol–water partition coefficient (Wildman–Crippen LogP) is 1.89. The average Bonchev–Trinajstić information content (AvgIpc) is 2.62. The van der Waals surface area contributed by atoms with Crippen LogP contribution in [0, 0.1) is 0 Å². The minimum atomic E-state index is -5.17. The van der Waals surface area contributed by atoms with Gasteiger partial charge in [-0.3, -0.25) is 14.4 Å². The van der Waals surface area contributed by atoms with Crippen LogP contribution in [-0.2, 0) is 14.3 Å². The molecule has 1 atom stereocenters. The number of hydrogen-bond donors (Lipinski definition) is 1. The molecule has 0 aromatic heterocycles. The van der Waals surface area contributed by atoms with Gasteiger partial charge < -0.3 is 19.5 Å². The number of esters is 1. The molecule has 1 aromatic rings. The number of halogens is 3. The first kappa shape index (κ1) is 21.3. The minimum absolute atomic E-state index is 0.0543. The maximum atomic E-state index is 12.6. The summed E-state index contributed by atoms with van der Waals surface area (Å²) < 4.78 is 52.0. The number of methoxy groups -OCH3 is 3. The fraction of sp³-hybridized carbons (Fsp3) is 0.438. The summed E-state index contributed by atoms with van der Waals surface area (Å²) in [7, 11) is 3.75. The van der Waals surface area contributed by atoms with Crippen LogP contribution in [-0.4, -0.2) is 51.2 Å². The molecule has 0 unspecified atom stereocenters. The van der Waals surface area contributed by atoms with Crippen molar-refractivity contribution in [3.05, 3.63) is 23.8 Å². The van der Waals surface area contributed by atoms with Gasteiger partial charge in [-0.1, -0.05) is 0 Å². The van der Waals surface area contributed by atoms with E-state index in [1.54, 1.807) is 5.32 Å². The van der Waals surface area contributed by atoms with E-state index in [4.69, 9.17) is 9.47 Å². The molecular formula is C16H18F3NO6. The molecule has 0 aliphatic carbocycles. The van der Waals surface area contributed by atoms with Gasteiger partial charge in [0.15, 0.2) is 5.78 Å². The van der Waals surface area contributed by atoms with E-state index < -0.39 is 29.9 Å². The van der Waals surface area contributed by atoms with Crippen LogP contribution in [0.4, 0.5) is 13.2 Å². The minimum Gasteiger partial charge on any atom is -0.497 e. The molecule has 1 amide bonds. The highest BCUT2D eigenvalue weighted by atomic mass is 19.4. The van der Waals surface area contributed by atoms with Gasteiger partial charge in [-0.2, -0.15) is 13.2 Å². The van der Waals surface area contributed by atoms with E-state index in [2.05, 4.69) is 4.74 Å². The Labute approximate surface area is 147 Å². The van der Waals surface area contributed by atoms with Crippen LogP contribution in [0.25, 0.3) is 0 Å². The lowest BCUT2D eigenvalue weighted by Crippen LogP contribution is -2.47. The molecule has 0 heterocycles. The van der Waals surface area contributed by atoms with Crippen molar-refractivity contribution in [1.29, 1.82) is 0 Å². The first-order chi connectivity index (χ1) is 12.1. The molecule has 0 spiro atoms. The highest BCUT2D eigenvalue weighted by molar-refractivity contribution is 6.04. The van der Waals surface area contributed by atoms with E-state index in [0.29, 0.717) is 5.75 Å². The number of ketones is 1. The number of nitrogens with one attached hydrogen (secondary N) is 1. The number of amides is 1. The zero-order valence-electron chi connectivity index (χ0n) is 14.3. The van der Waals surface area contributed by atoms with Gasteiger partial charge >= 0.3 is 18.1 Å². The summed E-state index contributed by atoms with van der Waals surface area (Å²) in [6, 6.07) is 2.49. The van der Waals surface area contributed by atoms with Crippen molar-refractivity contribution in [1.82, 2.24) is 5.32 Å². The quantitative estimate of drug-likeness (QED) is 0.550. The fourth-order valence-corrected chi connectivity index (χ4v) is 2.06. The third kappa shape index (κ3) is 5.64. The molecule has 0 saturated carbocycles. The van der Waals surface area contributed by atoms with Crippen LogP contribution in [0.3, 0.4) is 0 Å². The lowest BCUT2D eigenvalue weighted by atomic mass is 9.99. The van der Waals surface area contributed by atoms with E-state index in [0.717, 1.165) is 7.11 Å². The average molecular weight is 377 g/mol. The highest BCUT2D eigenvalue weighted by Gasteiger charge is 2.41. The van der Waals surface area contributed by atoms with E-state index in [9.17, 15) is 27.6 Å². The van der Waals surface area contributed by atoms with Crippen molar-refractivity contribution in [2.24, 2.45) is 0 Å². The lowest BCUT2D eigenvalue weighted by Gasteiger charge is -2.19. The van der Waals surface area contributed by atoms with Crippen molar-refractivity contribution < 1.29 is 41.8 Å². The number of alkyl halides is 3. The molecule has 7 nitrogen and oxygen atoms in total. The number of hydrogen-bond acceptors (Lipinski definition) is 6. The maximum Gasteiger partial charge on any atom is 0.471 e. The number of carbonyl (C=O) groups is 3. The third-order valence-electron chi connectivity index (χ3n) is 3.42. The van der Waals surface area contributed by atoms with Gasteiger partial charge in [0.05, 0.1) is 32.9 Å². The Balaban J connectivity index is 3.13. The monoisotopic (exact) mass is 377 g/mol. The Morgan fingerprint density at radius 2 is 1.77 bits per heavy atom. The van der Waals surface area contributed by atoms with Gasteiger partial charge in [0.25, 0.3) is 0 Å². The summed E-state index contributed by atoms with van der Waals surface area (Å²) in [5.41, 5.74) is -0.0642. The Hall–Kier alpha value is -2.78. The molecular weight excluding hydrogens is 359 g/mol. The summed E-state index contributed by atoms with van der Waals surface area (Å²) in [6.07, 6.45) is -5.90. The van der Waals surface area contributed by atoms with Crippen LogP contribution in [0.2, 0.25) is 0 Å². The first-order valence-corrected chi connectivity index (χ1v) is 7.34. The molecule has 1 N–H and O–H groups in total. The molecule has 1 rings (SSSR count). The molecule has 1 aromatic carbocycles. The van der Waals surface area contributed by atoms with Crippen LogP contribution >= 0.6 is 0 Å². The van der Waals surface area contributed by atoms with Crippen LogP contribution in [0.1, 0.15) is 23.2 Å². The van der Waals surface area contributed by atoms with Gasteiger partial charge in [-0.15, -0.1) is 0 Å². The van der Waals surface area contributed by atoms with Crippen molar-refractivity contribution in [3.63, 3.8) is 0 Å². The molecule has 0 saturated heterocycles. The predicted molar refractivity (Wildman–Crippen MR) is 83.1 cm³/mol. The van der Waals surface area contributed by atoms with Crippen LogP contribution in [0.5, 0.6) is 11.5 Å². The summed E-state index contributed by atoms with van der Waals surface area (Å²) >= 11 is 0. The second-order valence-electron chi connectivity index (χ2n) is 5.07. The number of carbonyl (C=O) groups excluding carboxylic acids is 3. The number of ether oxygens (including phenoxy) is 3. The van der Waals surface area contributed by atoms with Gasteiger partial charge in [0.2, 0.25) is 0 Å². The second kappa shape index (κ2) is 9.07. The molecule has 26 heavy (non-hydrogen) atoms. The normalized spacial score (nSPS) is 12.1. The smallest absolute Gasteiger partial charge is 0.471 e. The zero-order valence-corrected chi connectivity index (χ0v) is 14.3. The Morgan fingerprint density at radius 1 is 1.12 bits per heavy atom. The Kier molecular flexibility index (Phi) is 7.41. The third-order valence-corrected chi connectivity index (χ3v) is 3.42. The summed E-state index contributed by atoms with van der Waals surface area (Å²) in [5.74, 6) is -3.44. The molecule has 0 aliphatic rings. The first-order valence-electron chi connectivity index (χ1n) is 7.34.